The quantitative estimate of drug-likeness (QED) is 0.896. The molecule has 1 aliphatic heterocycles. The van der Waals surface area contributed by atoms with Gasteiger partial charge in [0.1, 0.15) is 12.4 Å². The molecule has 1 saturated heterocycles. The largest absolute Gasteiger partial charge is 0.474 e. The molecule has 0 saturated carbocycles. The van der Waals surface area contributed by atoms with Crippen LogP contribution in [0.25, 0.3) is 0 Å². The van der Waals surface area contributed by atoms with E-state index in [4.69, 9.17) is 4.74 Å². The summed E-state index contributed by atoms with van der Waals surface area (Å²) in [5, 5.41) is 2.98. The monoisotopic (exact) mass is 278 g/mol. The van der Waals surface area contributed by atoms with Crippen LogP contribution < -0.4 is 10.1 Å². The van der Waals surface area contributed by atoms with Gasteiger partial charge in [-0.3, -0.25) is 0 Å². The SMILES string of the molecule is CC(C)(C)NC(=O)N1CCC(Oc2ccncn2)CC1. The fraction of sp³-hybridized carbons (Fsp3) is 0.643. The van der Waals surface area contributed by atoms with Crippen molar-refractivity contribution in [3.8, 4) is 5.88 Å². The van der Waals surface area contributed by atoms with E-state index in [2.05, 4.69) is 15.3 Å². The first-order valence-electron chi connectivity index (χ1n) is 6.94. The first-order valence-corrected chi connectivity index (χ1v) is 6.94. The maximum atomic E-state index is 12.0. The minimum atomic E-state index is -0.203. The van der Waals surface area contributed by atoms with Crippen LogP contribution in [-0.2, 0) is 0 Å². The summed E-state index contributed by atoms with van der Waals surface area (Å²) >= 11 is 0. The molecule has 0 unspecified atom stereocenters. The summed E-state index contributed by atoms with van der Waals surface area (Å²) in [7, 11) is 0. The molecule has 1 aromatic heterocycles. The Hall–Kier alpha value is -1.85. The summed E-state index contributed by atoms with van der Waals surface area (Å²) in [5.41, 5.74) is -0.203. The van der Waals surface area contributed by atoms with Crippen LogP contribution in [0.1, 0.15) is 33.6 Å². The third-order valence-electron chi connectivity index (χ3n) is 3.05. The van der Waals surface area contributed by atoms with Crippen LogP contribution in [0.3, 0.4) is 0 Å². The van der Waals surface area contributed by atoms with Crippen LogP contribution in [0.4, 0.5) is 4.79 Å². The van der Waals surface area contributed by atoms with Gasteiger partial charge in [-0.25, -0.2) is 14.8 Å². The molecule has 0 spiro atoms. The van der Waals surface area contributed by atoms with Crippen molar-refractivity contribution in [2.75, 3.05) is 13.1 Å². The van der Waals surface area contributed by atoms with Crippen molar-refractivity contribution < 1.29 is 9.53 Å². The molecule has 6 heteroatoms. The van der Waals surface area contributed by atoms with E-state index in [-0.39, 0.29) is 17.7 Å². The molecule has 0 atom stereocenters. The van der Waals surface area contributed by atoms with E-state index in [0.29, 0.717) is 19.0 Å². The van der Waals surface area contributed by atoms with Crippen molar-refractivity contribution in [3.63, 3.8) is 0 Å². The molecule has 0 aliphatic carbocycles. The molecule has 0 radical (unpaired) electrons. The molecule has 1 aromatic rings. The number of urea groups is 1. The highest BCUT2D eigenvalue weighted by Crippen LogP contribution is 2.17. The predicted octanol–water partition coefficient (Wildman–Crippen LogP) is 1.83. The minimum Gasteiger partial charge on any atom is -0.474 e. The highest BCUT2D eigenvalue weighted by Gasteiger charge is 2.26. The number of piperidine rings is 1. The first kappa shape index (κ1) is 14.6. The fourth-order valence-corrected chi connectivity index (χ4v) is 2.10. The van der Waals surface area contributed by atoms with Crippen LogP contribution in [0.5, 0.6) is 5.88 Å². The van der Waals surface area contributed by atoms with Gasteiger partial charge in [0.25, 0.3) is 0 Å². The van der Waals surface area contributed by atoms with Crippen molar-refractivity contribution in [1.82, 2.24) is 20.2 Å². The number of hydrogen-bond acceptors (Lipinski definition) is 4. The molecular formula is C14H22N4O2. The number of rotatable bonds is 2. The van der Waals surface area contributed by atoms with Crippen molar-refractivity contribution in [2.45, 2.75) is 45.3 Å². The van der Waals surface area contributed by atoms with Crippen molar-refractivity contribution >= 4 is 6.03 Å². The van der Waals surface area contributed by atoms with E-state index in [1.54, 1.807) is 12.3 Å². The molecule has 6 nitrogen and oxygen atoms in total. The maximum absolute atomic E-state index is 12.0. The lowest BCUT2D eigenvalue weighted by Gasteiger charge is -2.34. The predicted molar refractivity (Wildman–Crippen MR) is 75.5 cm³/mol. The zero-order valence-electron chi connectivity index (χ0n) is 12.3. The van der Waals surface area contributed by atoms with Gasteiger partial charge in [-0.05, 0) is 20.8 Å². The van der Waals surface area contributed by atoms with Crippen LogP contribution in [0, 0.1) is 0 Å². The Morgan fingerprint density at radius 3 is 2.65 bits per heavy atom. The van der Waals surface area contributed by atoms with Gasteiger partial charge in [-0.1, -0.05) is 0 Å². The fourth-order valence-electron chi connectivity index (χ4n) is 2.10. The number of ether oxygens (including phenoxy) is 1. The molecule has 0 aromatic carbocycles. The molecule has 0 bridgehead atoms. The molecule has 2 amide bonds. The van der Waals surface area contributed by atoms with Gasteiger partial charge in [0.15, 0.2) is 0 Å². The highest BCUT2D eigenvalue weighted by atomic mass is 16.5. The second-order valence-electron chi connectivity index (χ2n) is 6.03. The van der Waals surface area contributed by atoms with Gasteiger partial charge in [-0.2, -0.15) is 0 Å². The highest BCUT2D eigenvalue weighted by molar-refractivity contribution is 5.75. The molecule has 1 N–H and O–H groups in total. The van der Waals surface area contributed by atoms with Gasteiger partial charge in [-0.15, -0.1) is 0 Å². The second kappa shape index (κ2) is 6.07. The van der Waals surface area contributed by atoms with Gasteiger partial charge in [0.2, 0.25) is 5.88 Å². The van der Waals surface area contributed by atoms with Crippen molar-refractivity contribution in [2.24, 2.45) is 0 Å². The minimum absolute atomic E-state index is 0.00186. The first-order chi connectivity index (χ1) is 9.44. The Kier molecular flexibility index (Phi) is 4.42. The van der Waals surface area contributed by atoms with Crippen molar-refractivity contribution in [1.29, 1.82) is 0 Å². The summed E-state index contributed by atoms with van der Waals surface area (Å²) in [6.45, 7) is 7.36. The lowest BCUT2D eigenvalue weighted by Crippen LogP contribution is -2.51. The summed E-state index contributed by atoms with van der Waals surface area (Å²) in [5.74, 6) is 0.595. The van der Waals surface area contributed by atoms with Crippen LogP contribution >= 0.6 is 0 Å². The Balaban J connectivity index is 1.79. The van der Waals surface area contributed by atoms with E-state index in [1.807, 2.05) is 25.7 Å². The standard InChI is InChI=1S/C14H22N4O2/c1-14(2,3)17-13(19)18-8-5-11(6-9-18)20-12-4-7-15-10-16-12/h4,7,10-11H,5-6,8-9H2,1-3H3,(H,17,19). The van der Waals surface area contributed by atoms with Crippen molar-refractivity contribution in [3.05, 3.63) is 18.6 Å². The average Bonchev–Trinajstić information content (AvgIpc) is 2.39. The summed E-state index contributed by atoms with van der Waals surface area (Å²) in [4.78, 5) is 21.8. The molecule has 2 rings (SSSR count). The molecule has 20 heavy (non-hydrogen) atoms. The van der Waals surface area contributed by atoms with Gasteiger partial charge in [0.05, 0.1) is 0 Å². The van der Waals surface area contributed by atoms with E-state index in [0.717, 1.165) is 12.8 Å². The molecule has 1 fully saturated rings. The average molecular weight is 278 g/mol. The Labute approximate surface area is 119 Å². The second-order valence-corrected chi connectivity index (χ2v) is 6.03. The number of aromatic nitrogens is 2. The summed E-state index contributed by atoms with van der Waals surface area (Å²) in [6, 6.07) is 1.75. The van der Waals surface area contributed by atoms with E-state index >= 15 is 0 Å². The van der Waals surface area contributed by atoms with E-state index in [9.17, 15) is 4.79 Å². The molecular weight excluding hydrogens is 256 g/mol. The molecule has 2 heterocycles. The van der Waals surface area contributed by atoms with Crippen LogP contribution in [0.15, 0.2) is 18.6 Å². The lowest BCUT2D eigenvalue weighted by molar-refractivity contribution is 0.105. The zero-order chi connectivity index (χ0) is 14.6. The van der Waals surface area contributed by atoms with Gasteiger partial charge >= 0.3 is 6.03 Å². The van der Waals surface area contributed by atoms with Gasteiger partial charge in [0, 0.05) is 43.7 Å². The number of nitrogens with zero attached hydrogens (tertiary/aromatic N) is 3. The van der Waals surface area contributed by atoms with E-state index in [1.165, 1.54) is 6.33 Å². The van der Waals surface area contributed by atoms with Crippen LogP contribution in [0.2, 0.25) is 0 Å². The number of amides is 2. The smallest absolute Gasteiger partial charge is 0.317 e. The molecule has 1 aliphatic rings. The lowest BCUT2D eigenvalue weighted by atomic mass is 10.1. The topological polar surface area (TPSA) is 67.4 Å². The summed E-state index contributed by atoms with van der Waals surface area (Å²) in [6.07, 6.45) is 4.89. The third kappa shape index (κ3) is 4.36. The summed E-state index contributed by atoms with van der Waals surface area (Å²) < 4.78 is 5.77. The zero-order valence-corrected chi connectivity index (χ0v) is 12.3. The Morgan fingerprint density at radius 2 is 2.10 bits per heavy atom. The normalized spacial score (nSPS) is 16.9. The molecule has 110 valence electrons. The Morgan fingerprint density at radius 1 is 1.40 bits per heavy atom. The van der Waals surface area contributed by atoms with Crippen LogP contribution in [-0.4, -0.2) is 45.6 Å². The number of carbonyl (C=O) groups excluding carboxylic acids is 1. The number of likely N-dealkylation sites (tertiary alicyclic amines) is 1. The Bertz CT molecular complexity index is 436. The number of carbonyl (C=O) groups is 1. The number of nitrogens with one attached hydrogen (secondary N) is 1. The maximum Gasteiger partial charge on any atom is 0.317 e. The number of hydrogen-bond donors (Lipinski definition) is 1. The third-order valence-corrected chi connectivity index (χ3v) is 3.05. The van der Waals surface area contributed by atoms with E-state index < -0.39 is 0 Å². The van der Waals surface area contributed by atoms with Gasteiger partial charge < -0.3 is 15.0 Å².